The molecule has 108 valence electrons. The minimum atomic E-state index is -0.120. The van der Waals surface area contributed by atoms with E-state index in [0.29, 0.717) is 5.02 Å². The van der Waals surface area contributed by atoms with Gasteiger partial charge in [-0.05, 0) is 27.9 Å². The molecule has 1 fully saturated rings. The van der Waals surface area contributed by atoms with E-state index in [0.717, 1.165) is 25.3 Å². The minimum absolute atomic E-state index is 0.120. The van der Waals surface area contributed by atoms with Crippen LogP contribution in [-0.2, 0) is 0 Å². The van der Waals surface area contributed by atoms with Crippen LogP contribution in [0.3, 0.4) is 0 Å². The third kappa shape index (κ3) is 2.94. The van der Waals surface area contributed by atoms with E-state index in [-0.39, 0.29) is 18.1 Å². The molecule has 1 aliphatic rings. The number of rotatable bonds is 3. The molecule has 2 heterocycles. The van der Waals surface area contributed by atoms with Crippen LogP contribution in [0.5, 0.6) is 0 Å². The summed E-state index contributed by atoms with van der Waals surface area (Å²) in [6, 6.07) is 0.413. The van der Waals surface area contributed by atoms with E-state index in [1.807, 2.05) is 4.68 Å². The smallest absolute Gasteiger partial charge is 0.0834 e. The average Bonchev–Trinajstić information content (AvgIpc) is 2.73. The zero-order valence-electron chi connectivity index (χ0n) is 12.2. The summed E-state index contributed by atoms with van der Waals surface area (Å²) in [5, 5.41) is 5.02. The van der Waals surface area contributed by atoms with Crippen LogP contribution in [0, 0.1) is 0 Å². The van der Waals surface area contributed by atoms with Gasteiger partial charge in [0.1, 0.15) is 0 Å². The molecule has 1 aromatic heterocycles. The van der Waals surface area contributed by atoms with Gasteiger partial charge < -0.3 is 10.6 Å². The molecule has 0 aliphatic carbocycles. The van der Waals surface area contributed by atoms with Gasteiger partial charge >= 0.3 is 0 Å². The summed E-state index contributed by atoms with van der Waals surface area (Å²) < 4.78 is 1.94. The first kappa shape index (κ1) is 14.8. The standard InChI is InChI=1S/C13H24ClN5/c1-9(2)19-13(10(14)7-16-19)12(15)11-8-17(3)5-6-18(11)4/h7,9,11-12H,5-6,8,15H2,1-4H3. The molecule has 2 unspecified atom stereocenters. The largest absolute Gasteiger partial charge is 0.321 e. The predicted octanol–water partition coefficient (Wildman–Crippen LogP) is 1.36. The number of likely N-dealkylation sites (N-methyl/N-ethyl adjacent to an activating group) is 2. The third-order valence-corrected chi connectivity index (χ3v) is 4.20. The summed E-state index contributed by atoms with van der Waals surface area (Å²) >= 11 is 6.29. The van der Waals surface area contributed by atoms with Gasteiger partial charge in [-0.25, -0.2) is 0 Å². The Morgan fingerprint density at radius 3 is 2.68 bits per heavy atom. The monoisotopic (exact) mass is 285 g/mol. The molecule has 19 heavy (non-hydrogen) atoms. The van der Waals surface area contributed by atoms with E-state index in [4.69, 9.17) is 17.3 Å². The minimum Gasteiger partial charge on any atom is -0.321 e. The summed E-state index contributed by atoms with van der Waals surface area (Å²) in [5.41, 5.74) is 7.44. The molecular weight excluding hydrogens is 262 g/mol. The predicted molar refractivity (Wildman–Crippen MR) is 78.5 cm³/mol. The summed E-state index contributed by atoms with van der Waals surface area (Å²) in [6.07, 6.45) is 1.70. The second-order valence-corrected chi connectivity index (χ2v) is 6.16. The van der Waals surface area contributed by atoms with Crippen molar-refractivity contribution in [2.45, 2.75) is 32.0 Å². The molecule has 0 bridgehead atoms. The van der Waals surface area contributed by atoms with Crippen LogP contribution in [0.15, 0.2) is 6.20 Å². The number of hydrogen-bond donors (Lipinski definition) is 1. The quantitative estimate of drug-likeness (QED) is 0.911. The fourth-order valence-corrected chi connectivity index (χ4v) is 2.94. The van der Waals surface area contributed by atoms with Gasteiger partial charge in [0.15, 0.2) is 0 Å². The van der Waals surface area contributed by atoms with Crippen molar-refractivity contribution in [3.05, 3.63) is 16.9 Å². The van der Waals surface area contributed by atoms with Crippen LogP contribution < -0.4 is 5.73 Å². The molecule has 1 aliphatic heterocycles. The molecular formula is C13H24ClN5. The van der Waals surface area contributed by atoms with Gasteiger partial charge in [0.25, 0.3) is 0 Å². The van der Waals surface area contributed by atoms with Gasteiger partial charge in [0.2, 0.25) is 0 Å². The molecule has 6 heteroatoms. The molecule has 0 amide bonds. The molecule has 1 aromatic rings. The third-order valence-electron chi connectivity index (χ3n) is 3.91. The highest BCUT2D eigenvalue weighted by molar-refractivity contribution is 6.31. The first-order chi connectivity index (χ1) is 8.91. The lowest BCUT2D eigenvalue weighted by Crippen LogP contribution is -2.54. The lowest BCUT2D eigenvalue weighted by molar-refractivity contribution is 0.0950. The number of hydrogen-bond acceptors (Lipinski definition) is 4. The van der Waals surface area contributed by atoms with Gasteiger partial charge in [-0.1, -0.05) is 11.6 Å². The van der Waals surface area contributed by atoms with Crippen molar-refractivity contribution in [1.82, 2.24) is 19.6 Å². The van der Waals surface area contributed by atoms with Crippen molar-refractivity contribution < 1.29 is 0 Å². The maximum absolute atomic E-state index is 6.49. The maximum Gasteiger partial charge on any atom is 0.0834 e. The van der Waals surface area contributed by atoms with Crippen LogP contribution in [-0.4, -0.2) is 59.4 Å². The number of piperazine rings is 1. The SMILES string of the molecule is CC(C)n1ncc(Cl)c1C(N)C1CN(C)CCN1C. The summed E-state index contributed by atoms with van der Waals surface area (Å²) in [5.74, 6) is 0. The molecule has 5 nitrogen and oxygen atoms in total. The maximum atomic E-state index is 6.49. The fourth-order valence-electron chi connectivity index (χ4n) is 2.69. The van der Waals surface area contributed by atoms with Crippen LogP contribution in [0.2, 0.25) is 5.02 Å². The van der Waals surface area contributed by atoms with Crippen molar-refractivity contribution in [3.8, 4) is 0 Å². The van der Waals surface area contributed by atoms with Crippen molar-refractivity contribution in [1.29, 1.82) is 0 Å². The second kappa shape index (κ2) is 5.79. The number of nitrogens with zero attached hydrogens (tertiary/aromatic N) is 4. The second-order valence-electron chi connectivity index (χ2n) is 5.75. The van der Waals surface area contributed by atoms with Crippen LogP contribution in [0.25, 0.3) is 0 Å². The highest BCUT2D eigenvalue weighted by Crippen LogP contribution is 2.28. The molecule has 0 radical (unpaired) electrons. The first-order valence-corrected chi connectivity index (χ1v) is 7.17. The zero-order valence-corrected chi connectivity index (χ0v) is 12.9. The molecule has 0 saturated carbocycles. The summed E-state index contributed by atoms with van der Waals surface area (Å²) in [7, 11) is 4.26. The van der Waals surface area contributed by atoms with Gasteiger partial charge in [-0.2, -0.15) is 5.10 Å². The van der Waals surface area contributed by atoms with Crippen molar-refractivity contribution >= 4 is 11.6 Å². The van der Waals surface area contributed by atoms with Gasteiger partial charge in [-0.3, -0.25) is 9.58 Å². The Hall–Kier alpha value is -0.620. The Labute approximate surface area is 120 Å². The first-order valence-electron chi connectivity index (χ1n) is 6.79. The molecule has 2 rings (SSSR count). The molecule has 1 saturated heterocycles. The van der Waals surface area contributed by atoms with Crippen LogP contribution in [0.4, 0.5) is 0 Å². The lowest BCUT2D eigenvalue weighted by Gasteiger charge is -2.41. The van der Waals surface area contributed by atoms with Gasteiger partial charge in [0.05, 0.1) is 23.0 Å². The van der Waals surface area contributed by atoms with E-state index in [1.165, 1.54) is 0 Å². The fraction of sp³-hybridized carbons (Fsp3) is 0.769. The number of halogens is 1. The van der Waals surface area contributed by atoms with E-state index in [1.54, 1.807) is 6.20 Å². The number of aromatic nitrogens is 2. The van der Waals surface area contributed by atoms with Crippen molar-refractivity contribution in [2.75, 3.05) is 33.7 Å². The van der Waals surface area contributed by atoms with Gasteiger partial charge in [-0.15, -0.1) is 0 Å². The van der Waals surface area contributed by atoms with Crippen LogP contribution >= 0.6 is 11.6 Å². The molecule has 0 spiro atoms. The van der Waals surface area contributed by atoms with E-state index < -0.39 is 0 Å². The zero-order chi connectivity index (χ0) is 14.2. The summed E-state index contributed by atoms with van der Waals surface area (Å²) in [4.78, 5) is 4.63. The topological polar surface area (TPSA) is 50.3 Å². The Morgan fingerprint density at radius 2 is 2.05 bits per heavy atom. The van der Waals surface area contributed by atoms with E-state index >= 15 is 0 Å². The Balaban J connectivity index is 2.27. The highest BCUT2D eigenvalue weighted by Gasteiger charge is 2.32. The number of nitrogens with two attached hydrogens (primary N) is 1. The normalized spacial score (nSPS) is 24.1. The Kier molecular flexibility index (Phi) is 4.50. The summed E-state index contributed by atoms with van der Waals surface area (Å²) in [6.45, 7) is 7.25. The van der Waals surface area contributed by atoms with E-state index in [9.17, 15) is 0 Å². The molecule has 2 atom stereocenters. The molecule has 2 N–H and O–H groups in total. The lowest BCUT2D eigenvalue weighted by atomic mass is 10.0. The Bertz CT molecular complexity index is 431. The van der Waals surface area contributed by atoms with Crippen molar-refractivity contribution in [3.63, 3.8) is 0 Å². The molecule has 0 aromatic carbocycles. The average molecular weight is 286 g/mol. The van der Waals surface area contributed by atoms with E-state index in [2.05, 4.69) is 42.8 Å². The Morgan fingerprint density at radius 1 is 1.37 bits per heavy atom. The van der Waals surface area contributed by atoms with Crippen molar-refractivity contribution in [2.24, 2.45) is 5.73 Å². The highest BCUT2D eigenvalue weighted by atomic mass is 35.5. The van der Waals surface area contributed by atoms with Gasteiger partial charge in [0, 0.05) is 31.7 Å². The van der Waals surface area contributed by atoms with Crippen LogP contribution in [0.1, 0.15) is 31.6 Å².